The minimum Gasteiger partial charge on any atom is -0.494 e. The second-order valence-corrected chi connectivity index (χ2v) is 21.4. The van der Waals surface area contributed by atoms with Gasteiger partial charge in [-0.05, 0) is 125 Å². The first kappa shape index (κ1) is 51.7. The van der Waals surface area contributed by atoms with E-state index in [1.807, 2.05) is 43.3 Å². The molecule has 0 unspecified atom stereocenters. The fraction of sp³-hybridized carbons (Fsp3) is 0.400. The van der Waals surface area contributed by atoms with Gasteiger partial charge in [0.1, 0.15) is 23.9 Å². The molecule has 0 radical (unpaired) electrons. The van der Waals surface area contributed by atoms with Gasteiger partial charge in [0.15, 0.2) is 5.78 Å². The zero-order chi connectivity index (χ0) is 50.8. The zero-order valence-electron chi connectivity index (χ0n) is 41.7. The number of nitrogens with zero attached hydrogens (tertiary/aromatic N) is 4. The average Bonchev–Trinajstić information content (AvgIpc) is 3.58. The highest BCUT2D eigenvalue weighted by molar-refractivity contribution is 7.89. The van der Waals surface area contributed by atoms with Crippen LogP contribution in [0.4, 0.5) is 23.1 Å². The van der Waals surface area contributed by atoms with E-state index in [1.165, 1.54) is 5.56 Å². The molecule has 380 valence electrons. The van der Waals surface area contributed by atoms with Crippen LogP contribution in [-0.4, -0.2) is 96.8 Å². The van der Waals surface area contributed by atoms with Gasteiger partial charge < -0.3 is 35.1 Å². The molecule has 2 fully saturated rings. The Morgan fingerprint density at radius 1 is 0.931 bits per heavy atom. The number of anilines is 4. The number of allylic oxidation sites excluding steroid dienone is 1. The normalized spacial score (nSPS) is 16.5. The lowest BCUT2D eigenvalue weighted by Crippen LogP contribution is -2.40. The predicted octanol–water partition coefficient (Wildman–Crippen LogP) is 8.30. The Hall–Kier alpha value is -6.66. The van der Waals surface area contributed by atoms with Crippen molar-refractivity contribution in [2.75, 3.05) is 50.1 Å². The number of ether oxygens (including phenoxy) is 3. The van der Waals surface area contributed by atoms with E-state index < -0.39 is 21.6 Å². The summed E-state index contributed by atoms with van der Waals surface area (Å²) in [6.45, 7) is 16.8. The van der Waals surface area contributed by atoms with E-state index in [4.69, 9.17) is 14.2 Å². The number of amides is 2. The molecule has 3 heterocycles. The van der Waals surface area contributed by atoms with Crippen LogP contribution < -0.4 is 30.1 Å². The fourth-order valence-corrected chi connectivity index (χ4v) is 10.5. The quantitative estimate of drug-likeness (QED) is 0.0331. The van der Waals surface area contributed by atoms with Gasteiger partial charge in [-0.25, -0.2) is 18.1 Å². The third-order valence-electron chi connectivity index (χ3n) is 12.7. The molecule has 1 aromatic heterocycles. The highest BCUT2D eigenvalue weighted by Gasteiger charge is 2.39. The van der Waals surface area contributed by atoms with E-state index in [0.717, 1.165) is 79.2 Å². The largest absolute Gasteiger partial charge is 0.494 e. The monoisotopic (exact) mass is 998 g/mol. The van der Waals surface area contributed by atoms with E-state index in [9.17, 15) is 22.8 Å². The molecule has 1 saturated heterocycles. The maximum atomic E-state index is 13.9. The number of fused-ring (bicyclic) bond motifs is 1. The second kappa shape index (κ2) is 23.3. The molecule has 2 amide bonds. The lowest BCUT2D eigenvalue weighted by atomic mass is 10.0. The number of Topliss-reactive ketones (excluding diaryl/α,β-unsaturated/α-hetero) is 1. The third-order valence-corrected chi connectivity index (χ3v) is 14.5. The molecule has 0 bridgehead atoms. The van der Waals surface area contributed by atoms with Crippen molar-refractivity contribution in [1.82, 2.24) is 29.8 Å². The Bertz CT molecular complexity index is 2860. The Morgan fingerprint density at radius 3 is 2.46 bits per heavy atom. The molecule has 1 aliphatic carbocycles. The smallest absolute Gasteiger partial charge is 0.255 e. The van der Waals surface area contributed by atoms with Crippen LogP contribution in [0.1, 0.15) is 97.5 Å². The van der Waals surface area contributed by atoms with Crippen molar-refractivity contribution in [3.63, 3.8) is 0 Å². The van der Waals surface area contributed by atoms with Gasteiger partial charge in [0.2, 0.25) is 21.9 Å². The molecule has 4 aromatic carbocycles. The van der Waals surface area contributed by atoms with Crippen molar-refractivity contribution in [2.45, 2.75) is 109 Å². The molecule has 1 saturated carbocycles. The van der Waals surface area contributed by atoms with E-state index in [-0.39, 0.29) is 48.5 Å². The number of morpholine rings is 1. The van der Waals surface area contributed by atoms with Gasteiger partial charge in [0, 0.05) is 78.8 Å². The number of sulfonamides is 1. The van der Waals surface area contributed by atoms with E-state index in [1.54, 1.807) is 56.1 Å². The van der Waals surface area contributed by atoms with E-state index in [2.05, 4.69) is 66.4 Å². The third kappa shape index (κ3) is 13.8. The van der Waals surface area contributed by atoms with Gasteiger partial charge in [-0.3, -0.25) is 19.3 Å². The average molecular weight is 999 g/mol. The Morgan fingerprint density at radius 2 is 1.69 bits per heavy atom. The van der Waals surface area contributed by atoms with E-state index in [0.29, 0.717) is 66.9 Å². The number of carbonyl (C=O) groups excluding carboxylic acids is 3. The van der Waals surface area contributed by atoms with Gasteiger partial charge in [0.25, 0.3) is 5.91 Å². The van der Waals surface area contributed by atoms with Crippen molar-refractivity contribution in [3.05, 3.63) is 137 Å². The van der Waals surface area contributed by atoms with Crippen LogP contribution >= 0.6 is 0 Å². The van der Waals surface area contributed by atoms with Crippen molar-refractivity contribution < 1.29 is 37.0 Å². The second-order valence-electron chi connectivity index (χ2n) is 19.7. The molecule has 4 N–H and O–H groups in total. The van der Waals surface area contributed by atoms with E-state index >= 15 is 0 Å². The number of ketones is 1. The Kier molecular flexibility index (Phi) is 16.7. The number of benzene rings is 4. The highest BCUT2D eigenvalue weighted by Crippen LogP contribution is 2.38. The van der Waals surface area contributed by atoms with Crippen molar-refractivity contribution in [2.24, 2.45) is 0 Å². The van der Waals surface area contributed by atoms with Gasteiger partial charge in [-0.15, -0.1) is 0 Å². The van der Waals surface area contributed by atoms with Gasteiger partial charge in [-0.1, -0.05) is 48.6 Å². The van der Waals surface area contributed by atoms with Crippen LogP contribution in [0, 0.1) is 6.92 Å². The first-order valence-electron chi connectivity index (χ1n) is 24.7. The number of aromatic nitrogens is 2. The zero-order valence-corrected chi connectivity index (χ0v) is 42.5. The summed E-state index contributed by atoms with van der Waals surface area (Å²) < 4.78 is 46.6. The molecule has 3 aliphatic rings. The van der Waals surface area contributed by atoms with Crippen LogP contribution in [-0.2, 0) is 50.5 Å². The van der Waals surface area contributed by atoms with Crippen LogP contribution in [0.2, 0.25) is 0 Å². The van der Waals surface area contributed by atoms with Crippen LogP contribution in [0.25, 0.3) is 0 Å². The Labute approximate surface area is 423 Å². The standard InChI is InChI=1S/C55H66N8O8S/c1-37-9-6-12-48(49(64)31-37)63-35-47-46(53(63)66)23-17-41(51(47)71-36-40-15-13-39(14-16-40)34-62-26-29-69-30-27-62)18-24-50(65)56-25-8-28-70-44-21-19-42(20-22-44)59-54-57-33-38(2)52(60-54)58-43-10-7-11-45(32-43)72(67,68)61-55(3,4)5/h7,10-11,13-17,19-23,32-33,48,61H,1,6,8-9,12,18,24-31,34-36H2,2-5H3,(H,56,65)(H2,57,58,59,60)/t48-/m0/s1. The number of rotatable bonds is 20. The summed E-state index contributed by atoms with van der Waals surface area (Å²) in [6, 6.07) is 25.5. The molecule has 2 aliphatic heterocycles. The lowest BCUT2D eigenvalue weighted by molar-refractivity contribution is -0.123. The summed E-state index contributed by atoms with van der Waals surface area (Å²) in [5, 5.41) is 9.45. The summed E-state index contributed by atoms with van der Waals surface area (Å²) >= 11 is 0. The molecule has 72 heavy (non-hydrogen) atoms. The maximum absolute atomic E-state index is 13.9. The van der Waals surface area contributed by atoms with Gasteiger partial charge in [0.05, 0.1) is 37.3 Å². The molecule has 0 spiro atoms. The number of hydrogen-bond donors (Lipinski definition) is 4. The molecular weight excluding hydrogens is 933 g/mol. The minimum atomic E-state index is -3.73. The van der Waals surface area contributed by atoms with Crippen molar-refractivity contribution >= 4 is 50.8 Å². The maximum Gasteiger partial charge on any atom is 0.255 e. The van der Waals surface area contributed by atoms with Gasteiger partial charge >= 0.3 is 0 Å². The summed E-state index contributed by atoms with van der Waals surface area (Å²) in [6.07, 6.45) is 5.37. The molecule has 5 aromatic rings. The van der Waals surface area contributed by atoms with Crippen molar-refractivity contribution in [3.8, 4) is 11.5 Å². The first-order chi connectivity index (χ1) is 34.6. The number of hydrogen-bond acceptors (Lipinski definition) is 13. The molecule has 16 nitrogen and oxygen atoms in total. The summed E-state index contributed by atoms with van der Waals surface area (Å²) in [7, 11) is -3.73. The predicted molar refractivity (Wildman–Crippen MR) is 277 cm³/mol. The summed E-state index contributed by atoms with van der Waals surface area (Å²) in [4.78, 5) is 53.7. The summed E-state index contributed by atoms with van der Waals surface area (Å²) in [5.41, 5.74) is 6.69. The Balaban J connectivity index is 0.823. The van der Waals surface area contributed by atoms with Crippen LogP contribution in [0.3, 0.4) is 0 Å². The summed E-state index contributed by atoms with van der Waals surface area (Å²) in [5.74, 6) is 1.88. The minimum absolute atomic E-state index is 0.0259. The van der Waals surface area contributed by atoms with Crippen LogP contribution in [0.5, 0.6) is 11.5 Å². The number of carbonyl (C=O) groups is 3. The van der Waals surface area contributed by atoms with Crippen LogP contribution in [0.15, 0.2) is 108 Å². The van der Waals surface area contributed by atoms with Gasteiger partial charge in [-0.2, -0.15) is 4.98 Å². The molecule has 1 atom stereocenters. The number of nitrogens with one attached hydrogen (secondary N) is 4. The topological polar surface area (TPSA) is 193 Å². The SMILES string of the molecule is C=C1CCC[C@H](N2Cc3c(ccc(CCC(=O)NCCCOc4ccc(Nc5ncc(C)c(Nc6cccc(S(=O)(=O)NC(C)(C)C)c6)n5)cc4)c3OCc3ccc(CN4CCOCC4)cc3)C2=O)C(=O)C1. The van der Waals surface area contributed by atoms with Crippen molar-refractivity contribution in [1.29, 1.82) is 0 Å². The highest BCUT2D eigenvalue weighted by atomic mass is 32.2. The lowest BCUT2D eigenvalue weighted by Gasteiger charge is -2.26. The fourth-order valence-electron chi connectivity index (χ4n) is 9.02. The molecular formula is C55H66N8O8S. The number of aryl methyl sites for hydroxylation is 2. The molecule has 17 heteroatoms. The first-order valence-corrected chi connectivity index (χ1v) is 26.2. The molecule has 8 rings (SSSR count).